The molecule has 2 heterocycles. The van der Waals surface area contributed by atoms with Gasteiger partial charge >= 0.3 is 0 Å². The molecular weight excluding hydrogens is 246 g/mol. The van der Waals surface area contributed by atoms with Gasteiger partial charge in [0.05, 0.1) is 5.69 Å². The molecule has 3 rings (SSSR count). The summed E-state index contributed by atoms with van der Waals surface area (Å²) >= 11 is 0. The van der Waals surface area contributed by atoms with Gasteiger partial charge in [0.25, 0.3) is 0 Å². The molecule has 0 unspecified atom stereocenters. The van der Waals surface area contributed by atoms with Crippen molar-refractivity contribution in [3.63, 3.8) is 0 Å². The minimum Gasteiger partial charge on any atom is -0.331 e. The fourth-order valence-corrected chi connectivity index (χ4v) is 3.97. The first-order chi connectivity index (χ1) is 9.72. The third-order valence-electron chi connectivity index (χ3n) is 5.14. The molecule has 0 aromatic carbocycles. The van der Waals surface area contributed by atoms with Gasteiger partial charge in [0, 0.05) is 38.2 Å². The Labute approximate surface area is 123 Å². The van der Waals surface area contributed by atoms with Gasteiger partial charge < -0.3 is 9.88 Å². The molecule has 2 aliphatic rings. The Morgan fingerprint density at radius 3 is 2.80 bits per heavy atom. The predicted octanol–water partition coefficient (Wildman–Crippen LogP) is 3.45. The van der Waals surface area contributed by atoms with E-state index >= 15 is 0 Å². The summed E-state index contributed by atoms with van der Waals surface area (Å²) in [4.78, 5) is 4.94. The Balaban J connectivity index is 1.88. The van der Waals surface area contributed by atoms with Crippen LogP contribution in [0.2, 0.25) is 0 Å². The first-order valence-electron chi connectivity index (χ1n) is 8.50. The van der Waals surface area contributed by atoms with E-state index < -0.39 is 0 Å². The molecule has 0 saturated heterocycles. The van der Waals surface area contributed by atoms with Gasteiger partial charge in [0.15, 0.2) is 0 Å². The number of nitrogens with zero attached hydrogens (tertiary/aromatic N) is 2. The van der Waals surface area contributed by atoms with Crippen molar-refractivity contribution in [1.29, 1.82) is 0 Å². The largest absolute Gasteiger partial charge is 0.331 e. The number of hydrogen-bond acceptors (Lipinski definition) is 2. The molecule has 0 radical (unpaired) electrons. The molecule has 3 heteroatoms. The first kappa shape index (κ1) is 14.1. The SMILES string of the molecule is CCCc1nc2c(n1CC1(C)CCCCC1)CCNC2. The van der Waals surface area contributed by atoms with Crippen molar-refractivity contribution in [2.45, 2.75) is 78.3 Å². The molecule has 1 aromatic heterocycles. The maximum absolute atomic E-state index is 4.94. The second-order valence-corrected chi connectivity index (χ2v) is 7.06. The topological polar surface area (TPSA) is 29.9 Å². The highest BCUT2D eigenvalue weighted by Gasteiger charge is 2.30. The summed E-state index contributed by atoms with van der Waals surface area (Å²) in [5, 5.41) is 3.46. The van der Waals surface area contributed by atoms with Crippen molar-refractivity contribution >= 4 is 0 Å². The zero-order valence-electron chi connectivity index (χ0n) is 13.2. The van der Waals surface area contributed by atoms with Gasteiger partial charge in [-0.2, -0.15) is 0 Å². The van der Waals surface area contributed by atoms with E-state index in [-0.39, 0.29) is 0 Å². The quantitative estimate of drug-likeness (QED) is 0.912. The highest BCUT2D eigenvalue weighted by molar-refractivity contribution is 5.21. The lowest BCUT2D eigenvalue weighted by Gasteiger charge is -2.35. The van der Waals surface area contributed by atoms with Crippen LogP contribution in [0.5, 0.6) is 0 Å². The highest BCUT2D eigenvalue weighted by atomic mass is 15.1. The van der Waals surface area contributed by atoms with Crippen molar-refractivity contribution in [3.8, 4) is 0 Å². The average Bonchev–Trinajstić information content (AvgIpc) is 2.78. The van der Waals surface area contributed by atoms with Crippen LogP contribution in [0.3, 0.4) is 0 Å². The van der Waals surface area contributed by atoms with Gasteiger partial charge in [-0.05, 0) is 24.7 Å². The van der Waals surface area contributed by atoms with Crippen LogP contribution in [-0.4, -0.2) is 16.1 Å². The van der Waals surface area contributed by atoms with Crippen LogP contribution in [0, 0.1) is 5.41 Å². The Kier molecular flexibility index (Phi) is 4.16. The maximum atomic E-state index is 4.94. The Morgan fingerprint density at radius 2 is 2.05 bits per heavy atom. The molecule has 1 N–H and O–H groups in total. The summed E-state index contributed by atoms with van der Waals surface area (Å²) in [5.41, 5.74) is 3.35. The molecule has 0 atom stereocenters. The number of aryl methyl sites for hydroxylation is 1. The van der Waals surface area contributed by atoms with E-state index in [1.807, 2.05) is 0 Å². The zero-order valence-corrected chi connectivity index (χ0v) is 13.2. The van der Waals surface area contributed by atoms with E-state index in [1.165, 1.54) is 62.3 Å². The van der Waals surface area contributed by atoms with E-state index in [0.717, 1.165) is 25.9 Å². The van der Waals surface area contributed by atoms with Crippen LogP contribution in [-0.2, 0) is 25.9 Å². The Morgan fingerprint density at radius 1 is 1.25 bits per heavy atom. The maximum Gasteiger partial charge on any atom is 0.109 e. The summed E-state index contributed by atoms with van der Waals surface area (Å²) in [6.45, 7) is 8.04. The molecule has 1 aromatic rings. The second-order valence-electron chi connectivity index (χ2n) is 7.06. The van der Waals surface area contributed by atoms with E-state index in [0.29, 0.717) is 5.41 Å². The molecule has 0 amide bonds. The van der Waals surface area contributed by atoms with E-state index in [1.54, 1.807) is 0 Å². The minimum atomic E-state index is 0.500. The molecule has 0 bridgehead atoms. The van der Waals surface area contributed by atoms with Crippen LogP contribution in [0.25, 0.3) is 0 Å². The van der Waals surface area contributed by atoms with E-state index in [2.05, 4.69) is 23.7 Å². The fraction of sp³-hybridized carbons (Fsp3) is 0.824. The van der Waals surface area contributed by atoms with Crippen LogP contribution < -0.4 is 5.32 Å². The van der Waals surface area contributed by atoms with E-state index in [9.17, 15) is 0 Å². The average molecular weight is 275 g/mol. The van der Waals surface area contributed by atoms with Crippen LogP contribution in [0.4, 0.5) is 0 Å². The van der Waals surface area contributed by atoms with Gasteiger partial charge in [-0.1, -0.05) is 33.1 Å². The second kappa shape index (κ2) is 5.88. The summed E-state index contributed by atoms with van der Waals surface area (Å²) < 4.78 is 2.60. The smallest absolute Gasteiger partial charge is 0.109 e. The fourth-order valence-electron chi connectivity index (χ4n) is 3.97. The molecular formula is C17H29N3. The molecule has 1 aliphatic carbocycles. The molecule has 112 valence electrons. The lowest BCUT2D eigenvalue weighted by atomic mass is 9.75. The molecule has 1 saturated carbocycles. The summed E-state index contributed by atoms with van der Waals surface area (Å²) in [7, 11) is 0. The third kappa shape index (κ3) is 2.78. The number of imidazole rings is 1. The monoisotopic (exact) mass is 275 g/mol. The first-order valence-corrected chi connectivity index (χ1v) is 8.50. The van der Waals surface area contributed by atoms with Crippen molar-refractivity contribution in [2.24, 2.45) is 5.41 Å². The van der Waals surface area contributed by atoms with Crippen molar-refractivity contribution in [1.82, 2.24) is 14.9 Å². The number of aromatic nitrogens is 2. The summed E-state index contributed by atoms with van der Waals surface area (Å²) in [6, 6.07) is 0. The third-order valence-corrected chi connectivity index (χ3v) is 5.14. The van der Waals surface area contributed by atoms with Crippen molar-refractivity contribution in [2.75, 3.05) is 6.54 Å². The number of nitrogens with one attached hydrogen (secondary N) is 1. The Hall–Kier alpha value is -0.830. The zero-order chi connectivity index (χ0) is 14.0. The van der Waals surface area contributed by atoms with Gasteiger partial charge in [-0.25, -0.2) is 4.98 Å². The molecule has 1 aliphatic heterocycles. The number of fused-ring (bicyclic) bond motifs is 1. The predicted molar refractivity (Wildman–Crippen MR) is 82.8 cm³/mol. The summed E-state index contributed by atoms with van der Waals surface area (Å²) in [6.07, 6.45) is 10.5. The van der Waals surface area contributed by atoms with Crippen LogP contribution >= 0.6 is 0 Å². The highest BCUT2D eigenvalue weighted by Crippen LogP contribution is 2.38. The van der Waals surface area contributed by atoms with Crippen LogP contribution in [0.1, 0.15) is 69.6 Å². The van der Waals surface area contributed by atoms with Crippen molar-refractivity contribution < 1.29 is 0 Å². The van der Waals surface area contributed by atoms with Gasteiger partial charge in [-0.15, -0.1) is 0 Å². The number of rotatable bonds is 4. The molecule has 20 heavy (non-hydrogen) atoms. The molecule has 3 nitrogen and oxygen atoms in total. The van der Waals surface area contributed by atoms with E-state index in [4.69, 9.17) is 4.98 Å². The lowest BCUT2D eigenvalue weighted by molar-refractivity contribution is 0.179. The lowest BCUT2D eigenvalue weighted by Crippen LogP contribution is -2.30. The Bertz CT molecular complexity index is 455. The van der Waals surface area contributed by atoms with Crippen LogP contribution in [0.15, 0.2) is 0 Å². The minimum absolute atomic E-state index is 0.500. The standard InChI is InChI=1S/C17H29N3/c1-3-7-16-19-14-12-18-11-8-15(14)20(16)13-17(2)9-5-4-6-10-17/h18H,3-13H2,1-2H3. The van der Waals surface area contributed by atoms with Crippen molar-refractivity contribution in [3.05, 3.63) is 17.2 Å². The normalized spacial score (nSPS) is 21.7. The van der Waals surface area contributed by atoms with Gasteiger partial charge in [-0.3, -0.25) is 0 Å². The molecule has 1 fully saturated rings. The molecule has 0 spiro atoms. The van der Waals surface area contributed by atoms with Gasteiger partial charge in [0.2, 0.25) is 0 Å². The summed E-state index contributed by atoms with van der Waals surface area (Å²) in [5.74, 6) is 1.34. The van der Waals surface area contributed by atoms with Gasteiger partial charge in [0.1, 0.15) is 5.82 Å². The number of hydrogen-bond donors (Lipinski definition) is 1.